The third kappa shape index (κ3) is 4.84. The Hall–Kier alpha value is -0.160. The molecule has 1 saturated heterocycles. The lowest BCUT2D eigenvalue weighted by atomic mass is 9.91. The van der Waals surface area contributed by atoms with Gasteiger partial charge in [-0.1, -0.05) is 13.8 Å². The van der Waals surface area contributed by atoms with Gasteiger partial charge in [-0.2, -0.15) is 0 Å². The van der Waals surface area contributed by atoms with Crippen LogP contribution in [0, 0.1) is 0 Å². The highest BCUT2D eigenvalue weighted by atomic mass is 16.5. The highest BCUT2D eigenvalue weighted by Crippen LogP contribution is 2.17. The molecular weight excluding hydrogens is 228 g/mol. The molecule has 0 amide bonds. The summed E-state index contributed by atoms with van der Waals surface area (Å²) >= 11 is 0. The van der Waals surface area contributed by atoms with Gasteiger partial charge in [0.25, 0.3) is 0 Å². The summed E-state index contributed by atoms with van der Waals surface area (Å²) in [6.07, 6.45) is 3.52. The molecule has 1 heterocycles. The molecule has 2 atom stereocenters. The van der Waals surface area contributed by atoms with E-state index >= 15 is 0 Å². The molecule has 2 unspecified atom stereocenters. The van der Waals surface area contributed by atoms with Crippen LogP contribution in [-0.4, -0.2) is 61.0 Å². The summed E-state index contributed by atoms with van der Waals surface area (Å²) in [5.41, 5.74) is -0.0767. The van der Waals surface area contributed by atoms with Crippen LogP contribution in [0.1, 0.15) is 40.0 Å². The second kappa shape index (κ2) is 8.10. The van der Waals surface area contributed by atoms with Gasteiger partial charge in [-0.25, -0.2) is 0 Å². The third-order valence-corrected chi connectivity index (χ3v) is 3.99. The maximum Gasteiger partial charge on any atom is 0.0674 e. The van der Waals surface area contributed by atoms with Gasteiger partial charge in [0.2, 0.25) is 0 Å². The Kier molecular flexibility index (Phi) is 7.15. The fraction of sp³-hybridized carbons (Fsp3) is 1.00. The molecule has 1 fully saturated rings. The maximum atomic E-state index is 9.59. The first-order valence-electron chi connectivity index (χ1n) is 7.35. The molecular formula is C14H30N2O2. The number of aliphatic hydroxyl groups excluding tert-OH is 1. The molecule has 0 aromatic heterocycles. The predicted octanol–water partition coefficient (Wildman–Crippen LogP) is 1.24. The molecule has 0 aromatic carbocycles. The lowest BCUT2D eigenvalue weighted by Crippen LogP contribution is -2.49. The van der Waals surface area contributed by atoms with Gasteiger partial charge in [-0.3, -0.25) is 4.90 Å². The Morgan fingerprint density at radius 2 is 2.22 bits per heavy atom. The molecule has 4 heteroatoms. The smallest absolute Gasteiger partial charge is 0.0674 e. The van der Waals surface area contributed by atoms with Crippen LogP contribution >= 0.6 is 0 Å². The largest absolute Gasteiger partial charge is 0.394 e. The molecule has 0 aromatic rings. The Morgan fingerprint density at radius 3 is 2.78 bits per heavy atom. The molecule has 0 spiro atoms. The first kappa shape index (κ1) is 15.9. The van der Waals surface area contributed by atoms with Crippen molar-refractivity contribution < 1.29 is 9.84 Å². The van der Waals surface area contributed by atoms with Crippen molar-refractivity contribution in [3.8, 4) is 0 Å². The van der Waals surface area contributed by atoms with Crippen molar-refractivity contribution in [1.29, 1.82) is 0 Å². The van der Waals surface area contributed by atoms with E-state index in [0.717, 1.165) is 52.0 Å². The zero-order valence-electron chi connectivity index (χ0n) is 12.2. The van der Waals surface area contributed by atoms with Gasteiger partial charge in [-0.05, 0) is 39.3 Å². The average molecular weight is 258 g/mol. The number of ether oxygens (including phenoxy) is 1. The summed E-state index contributed by atoms with van der Waals surface area (Å²) in [6, 6.07) is 0. The van der Waals surface area contributed by atoms with Gasteiger partial charge in [0.05, 0.1) is 19.3 Å². The highest BCUT2D eigenvalue weighted by molar-refractivity contribution is 4.86. The van der Waals surface area contributed by atoms with Gasteiger partial charge in [-0.15, -0.1) is 0 Å². The molecule has 0 radical (unpaired) electrons. The molecule has 0 aliphatic carbocycles. The summed E-state index contributed by atoms with van der Waals surface area (Å²) in [7, 11) is 0. The summed E-state index contributed by atoms with van der Waals surface area (Å²) in [5, 5.41) is 13.0. The lowest BCUT2D eigenvalue weighted by molar-refractivity contribution is -0.0195. The normalized spacial score (nSPS) is 25.0. The number of likely N-dealkylation sites (N-methyl/N-ethyl adjacent to an activating group) is 1. The number of nitrogens with one attached hydrogen (secondary N) is 1. The van der Waals surface area contributed by atoms with Crippen LogP contribution in [0.2, 0.25) is 0 Å². The Balaban J connectivity index is 2.29. The van der Waals surface area contributed by atoms with Gasteiger partial charge < -0.3 is 15.2 Å². The zero-order valence-corrected chi connectivity index (χ0v) is 12.2. The molecule has 1 aliphatic rings. The van der Waals surface area contributed by atoms with Crippen molar-refractivity contribution in [2.45, 2.75) is 51.7 Å². The predicted molar refractivity (Wildman–Crippen MR) is 74.9 cm³/mol. The summed E-state index contributed by atoms with van der Waals surface area (Å²) in [6.45, 7) is 11.6. The van der Waals surface area contributed by atoms with Crippen LogP contribution in [0.3, 0.4) is 0 Å². The SMILES string of the molecule is CCNC(CC)(CO)CCCN1CCOC(C)C1. The molecule has 1 rings (SSSR count). The molecule has 18 heavy (non-hydrogen) atoms. The number of morpholine rings is 1. The van der Waals surface area contributed by atoms with Crippen LogP contribution in [0.15, 0.2) is 0 Å². The van der Waals surface area contributed by atoms with E-state index in [4.69, 9.17) is 4.74 Å². The minimum Gasteiger partial charge on any atom is -0.394 e. The minimum absolute atomic E-state index is 0.0767. The first-order chi connectivity index (χ1) is 8.65. The zero-order chi connectivity index (χ0) is 13.4. The topological polar surface area (TPSA) is 44.7 Å². The Bertz CT molecular complexity index is 220. The first-order valence-corrected chi connectivity index (χ1v) is 7.35. The van der Waals surface area contributed by atoms with E-state index in [1.54, 1.807) is 0 Å². The quantitative estimate of drug-likeness (QED) is 0.687. The standard InChI is InChI=1S/C14H30N2O2/c1-4-14(12-17,15-5-2)7-6-8-16-9-10-18-13(3)11-16/h13,15,17H,4-12H2,1-3H3. The van der Waals surface area contributed by atoms with Crippen molar-refractivity contribution in [3.63, 3.8) is 0 Å². The van der Waals surface area contributed by atoms with E-state index in [0.29, 0.717) is 6.10 Å². The molecule has 0 saturated carbocycles. The fourth-order valence-corrected chi connectivity index (χ4v) is 2.75. The van der Waals surface area contributed by atoms with E-state index < -0.39 is 0 Å². The Morgan fingerprint density at radius 1 is 1.44 bits per heavy atom. The molecule has 1 aliphatic heterocycles. The average Bonchev–Trinajstić information content (AvgIpc) is 2.38. The Labute approximate surface area is 112 Å². The third-order valence-electron chi connectivity index (χ3n) is 3.99. The summed E-state index contributed by atoms with van der Waals surface area (Å²) < 4.78 is 5.54. The van der Waals surface area contributed by atoms with Crippen molar-refractivity contribution in [1.82, 2.24) is 10.2 Å². The number of hydrogen-bond acceptors (Lipinski definition) is 4. The van der Waals surface area contributed by atoms with Crippen molar-refractivity contribution in [3.05, 3.63) is 0 Å². The van der Waals surface area contributed by atoms with Gasteiger partial charge in [0, 0.05) is 18.6 Å². The number of rotatable bonds is 8. The van der Waals surface area contributed by atoms with E-state index in [-0.39, 0.29) is 12.1 Å². The summed E-state index contributed by atoms with van der Waals surface area (Å²) in [5.74, 6) is 0. The second-order valence-corrected chi connectivity index (χ2v) is 5.41. The van der Waals surface area contributed by atoms with Crippen LogP contribution in [0.25, 0.3) is 0 Å². The van der Waals surface area contributed by atoms with Gasteiger partial charge in [0.1, 0.15) is 0 Å². The van der Waals surface area contributed by atoms with Crippen LogP contribution in [0.4, 0.5) is 0 Å². The summed E-state index contributed by atoms with van der Waals surface area (Å²) in [4.78, 5) is 2.47. The minimum atomic E-state index is -0.0767. The maximum absolute atomic E-state index is 9.59. The van der Waals surface area contributed by atoms with E-state index in [2.05, 4.69) is 31.0 Å². The van der Waals surface area contributed by atoms with Gasteiger partial charge >= 0.3 is 0 Å². The number of aliphatic hydroxyl groups is 1. The number of hydrogen-bond donors (Lipinski definition) is 2. The van der Waals surface area contributed by atoms with Crippen molar-refractivity contribution in [2.24, 2.45) is 0 Å². The van der Waals surface area contributed by atoms with Crippen LogP contribution in [-0.2, 0) is 4.74 Å². The van der Waals surface area contributed by atoms with Crippen LogP contribution in [0.5, 0.6) is 0 Å². The molecule has 2 N–H and O–H groups in total. The van der Waals surface area contributed by atoms with E-state index in [1.807, 2.05) is 0 Å². The fourth-order valence-electron chi connectivity index (χ4n) is 2.75. The molecule has 0 bridgehead atoms. The van der Waals surface area contributed by atoms with Gasteiger partial charge in [0.15, 0.2) is 0 Å². The van der Waals surface area contributed by atoms with E-state index in [9.17, 15) is 5.11 Å². The lowest BCUT2D eigenvalue weighted by Gasteiger charge is -2.34. The van der Waals surface area contributed by atoms with E-state index in [1.165, 1.54) is 0 Å². The van der Waals surface area contributed by atoms with Crippen molar-refractivity contribution in [2.75, 3.05) is 39.4 Å². The molecule has 108 valence electrons. The van der Waals surface area contributed by atoms with Crippen LogP contribution < -0.4 is 5.32 Å². The monoisotopic (exact) mass is 258 g/mol. The highest BCUT2D eigenvalue weighted by Gasteiger charge is 2.26. The van der Waals surface area contributed by atoms with Crippen molar-refractivity contribution >= 4 is 0 Å². The second-order valence-electron chi connectivity index (χ2n) is 5.41. The number of nitrogens with zero attached hydrogens (tertiary/aromatic N) is 1. The molecule has 4 nitrogen and oxygen atoms in total.